The molecule has 0 aliphatic rings. The number of ether oxygens (including phenoxy) is 1. The lowest BCUT2D eigenvalue weighted by atomic mass is 10.7. The second kappa shape index (κ2) is 7.01. The van der Waals surface area contributed by atoms with Crippen LogP contribution in [0.5, 0.6) is 0 Å². The highest BCUT2D eigenvalue weighted by Gasteiger charge is 1.92. The monoisotopic (exact) mass is 161 g/mol. The van der Waals surface area contributed by atoms with Gasteiger partial charge in [-0.1, -0.05) is 5.16 Å². The van der Waals surface area contributed by atoms with E-state index in [2.05, 4.69) is 9.99 Å². The third-order valence-electron chi connectivity index (χ3n) is 0.734. The molecule has 0 aliphatic carbocycles. The molecule has 0 spiro atoms. The van der Waals surface area contributed by atoms with E-state index in [4.69, 9.17) is 9.84 Å². The molecule has 0 saturated carbocycles. The maximum Gasteiger partial charge on any atom is 0.344 e. The third-order valence-corrected chi connectivity index (χ3v) is 0.734. The minimum Gasteiger partial charge on any atom is -0.479 e. The maximum atomic E-state index is 9.86. The van der Waals surface area contributed by atoms with Crippen molar-refractivity contribution in [3.63, 3.8) is 0 Å². The van der Waals surface area contributed by atoms with E-state index in [-0.39, 0.29) is 0 Å². The zero-order chi connectivity index (χ0) is 8.53. The van der Waals surface area contributed by atoms with Gasteiger partial charge in [-0.2, -0.15) is 0 Å². The van der Waals surface area contributed by atoms with Crippen LogP contribution in [0.4, 0.5) is 0 Å². The molecular formula is C6H11NO4. The van der Waals surface area contributed by atoms with Crippen LogP contribution < -0.4 is 0 Å². The highest BCUT2D eigenvalue weighted by Crippen LogP contribution is 1.75. The number of hydrogen-bond donors (Lipinski definition) is 1. The molecule has 0 rings (SSSR count). The predicted molar refractivity (Wildman–Crippen MR) is 38.6 cm³/mol. The van der Waals surface area contributed by atoms with Gasteiger partial charge in [0.05, 0.1) is 12.8 Å². The lowest BCUT2D eigenvalue weighted by Crippen LogP contribution is -2.04. The molecule has 0 saturated heterocycles. The number of carboxylic acid groups (broad SMARTS) is 1. The average molecular weight is 161 g/mol. The van der Waals surface area contributed by atoms with Gasteiger partial charge in [0.15, 0.2) is 0 Å². The second-order valence-corrected chi connectivity index (χ2v) is 1.61. The summed E-state index contributed by atoms with van der Waals surface area (Å²) in [6.07, 6.45) is 1.37. The first kappa shape index (κ1) is 9.90. The Morgan fingerprint density at radius 3 is 3.00 bits per heavy atom. The van der Waals surface area contributed by atoms with Crippen LogP contribution in [-0.4, -0.2) is 37.1 Å². The molecule has 0 fully saturated rings. The topological polar surface area (TPSA) is 68.1 Å². The van der Waals surface area contributed by atoms with Gasteiger partial charge in [-0.15, -0.1) is 0 Å². The zero-order valence-corrected chi connectivity index (χ0v) is 6.32. The first-order valence-corrected chi connectivity index (χ1v) is 3.20. The summed E-state index contributed by atoms with van der Waals surface area (Å²) >= 11 is 0. The van der Waals surface area contributed by atoms with Crippen LogP contribution in [0.3, 0.4) is 0 Å². The smallest absolute Gasteiger partial charge is 0.344 e. The molecular weight excluding hydrogens is 150 g/mol. The number of nitrogens with zero attached hydrogens (tertiary/aromatic N) is 1. The third kappa shape index (κ3) is 8.90. The molecule has 5 heteroatoms. The molecule has 0 heterocycles. The molecule has 0 radical (unpaired) electrons. The summed E-state index contributed by atoms with van der Waals surface area (Å²) in [6.45, 7) is 2.38. The van der Waals surface area contributed by atoms with Crippen molar-refractivity contribution >= 4 is 12.2 Å². The van der Waals surface area contributed by atoms with Gasteiger partial charge in [0.2, 0.25) is 6.61 Å². The molecule has 0 bridgehead atoms. The Morgan fingerprint density at radius 1 is 1.73 bits per heavy atom. The van der Waals surface area contributed by atoms with E-state index < -0.39 is 12.6 Å². The molecule has 0 unspecified atom stereocenters. The van der Waals surface area contributed by atoms with Crippen LogP contribution in [0.1, 0.15) is 6.92 Å². The molecule has 64 valence electrons. The Morgan fingerprint density at radius 2 is 2.45 bits per heavy atom. The number of carboxylic acids is 1. The summed E-state index contributed by atoms with van der Waals surface area (Å²) < 4.78 is 4.86. The number of rotatable bonds is 6. The van der Waals surface area contributed by atoms with Crippen molar-refractivity contribution in [1.29, 1.82) is 0 Å². The molecule has 0 aromatic carbocycles. The Hall–Kier alpha value is -1.10. The number of aliphatic carboxylic acids is 1. The number of oxime groups is 1. The Balaban J connectivity index is 3.10. The molecule has 5 nitrogen and oxygen atoms in total. The van der Waals surface area contributed by atoms with Crippen molar-refractivity contribution in [2.24, 2.45) is 5.16 Å². The fourth-order valence-corrected chi connectivity index (χ4v) is 0.346. The van der Waals surface area contributed by atoms with Crippen molar-refractivity contribution < 1.29 is 19.5 Å². The van der Waals surface area contributed by atoms with E-state index in [1.54, 1.807) is 0 Å². The molecule has 0 aromatic heterocycles. The van der Waals surface area contributed by atoms with E-state index in [0.717, 1.165) is 0 Å². The Bertz CT molecular complexity index is 135. The molecule has 0 amide bonds. The van der Waals surface area contributed by atoms with Crippen LogP contribution in [0.25, 0.3) is 0 Å². The Kier molecular flexibility index (Phi) is 6.31. The summed E-state index contributed by atoms with van der Waals surface area (Å²) in [5.41, 5.74) is 0. The van der Waals surface area contributed by atoms with Gasteiger partial charge in [-0.3, -0.25) is 0 Å². The molecule has 0 atom stereocenters. The lowest BCUT2D eigenvalue weighted by Gasteiger charge is -1.93. The fourth-order valence-electron chi connectivity index (χ4n) is 0.346. The molecule has 1 N–H and O–H groups in total. The quantitative estimate of drug-likeness (QED) is 0.341. The summed E-state index contributed by atoms with van der Waals surface area (Å²) in [7, 11) is 0. The molecule has 0 aliphatic heterocycles. The van der Waals surface area contributed by atoms with Crippen molar-refractivity contribution in [2.75, 3.05) is 19.8 Å². The van der Waals surface area contributed by atoms with Gasteiger partial charge < -0.3 is 14.7 Å². The largest absolute Gasteiger partial charge is 0.479 e. The summed E-state index contributed by atoms with van der Waals surface area (Å²) in [4.78, 5) is 14.2. The normalized spacial score (nSPS) is 10.3. The van der Waals surface area contributed by atoms with Crippen molar-refractivity contribution in [3.8, 4) is 0 Å². The van der Waals surface area contributed by atoms with E-state index in [9.17, 15) is 4.79 Å². The number of carbonyl (C=O) groups is 1. The standard InChI is InChI=1S/C6H11NO4/c1-2-10-4-3-7-11-5-6(8)9/h3H,2,4-5H2,1H3,(H,8,9). The van der Waals surface area contributed by atoms with Crippen LogP contribution in [0.2, 0.25) is 0 Å². The first-order chi connectivity index (χ1) is 5.27. The van der Waals surface area contributed by atoms with Crippen molar-refractivity contribution in [1.82, 2.24) is 0 Å². The minimum atomic E-state index is -1.04. The lowest BCUT2D eigenvalue weighted by molar-refractivity contribution is -0.142. The van der Waals surface area contributed by atoms with E-state index >= 15 is 0 Å². The van der Waals surface area contributed by atoms with Crippen molar-refractivity contribution in [2.45, 2.75) is 6.92 Å². The maximum absolute atomic E-state index is 9.86. The van der Waals surface area contributed by atoms with Gasteiger partial charge >= 0.3 is 5.97 Å². The van der Waals surface area contributed by atoms with Crippen LogP contribution >= 0.6 is 0 Å². The summed E-state index contributed by atoms with van der Waals surface area (Å²) in [5, 5.41) is 11.4. The fraction of sp³-hybridized carbons (Fsp3) is 0.667. The van der Waals surface area contributed by atoms with Gasteiger partial charge in [0.25, 0.3) is 0 Å². The van der Waals surface area contributed by atoms with Gasteiger partial charge in [-0.25, -0.2) is 4.79 Å². The van der Waals surface area contributed by atoms with Crippen LogP contribution in [0, 0.1) is 0 Å². The first-order valence-electron chi connectivity index (χ1n) is 3.20. The van der Waals surface area contributed by atoms with Crippen molar-refractivity contribution in [3.05, 3.63) is 0 Å². The predicted octanol–water partition coefficient (Wildman–Crippen LogP) is 0.110. The summed E-state index contributed by atoms with van der Waals surface area (Å²) in [5.74, 6) is -1.04. The van der Waals surface area contributed by atoms with E-state index in [1.807, 2.05) is 6.92 Å². The summed E-state index contributed by atoms with van der Waals surface area (Å²) in [6, 6.07) is 0. The molecule has 11 heavy (non-hydrogen) atoms. The van der Waals surface area contributed by atoms with Gasteiger partial charge in [0, 0.05) is 6.61 Å². The van der Waals surface area contributed by atoms with Crippen LogP contribution in [0.15, 0.2) is 5.16 Å². The van der Waals surface area contributed by atoms with Gasteiger partial charge in [-0.05, 0) is 6.92 Å². The van der Waals surface area contributed by atoms with Crippen LogP contribution in [-0.2, 0) is 14.4 Å². The highest BCUT2D eigenvalue weighted by atomic mass is 16.6. The molecule has 0 aromatic rings. The van der Waals surface area contributed by atoms with Gasteiger partial charge in [0.1, 0.15) is 0 Å². The van der Waals surface area contributed by atoms with E-state index in [0.29, 0.717) is 13.2 Å². The average Bonchev–Trinajstić information content (AvgIpc) is 1.96. The zero-order valence-electron chi connectivity index (χ0n) is 6.32. The Labute approximate surface area is 64.6 Å². The van der Waals surface area contributed by atoms with E-state index in [1.165, 1.54) is 6.21 Å². The highest BCUT2D eigenvalue weighted by molar-refractivity contribution is 5.68. The second-order valence-electron chi connectivity index (χ2n) is 1.61. The minimum absolute atomic E-state index is 0.343. The number of hydrogen-bond acceptors (Lipinski definition) is 4. The SMILES string of the molecule is CCOCC=NOCC(=O)O.